The van der Waals surface area contributed by atoms with E-state index in [0.29, 0.717) is 24.9 Å². The van der Waals surface area contributed by atoms with Gasteiger partial charge in [-0.25, -0.2) is 14.6 Å². The van der Waals surface area contributed by atoms with Crippen LogP contribution in [-0.2, 0) is 11.3 Å². The monoisotopic (exact) mass is 436 g/mol. The lowest BCUT2D eigenvalue weighted by Crippen LogP contribution is -2.26. The molecule has 0 N–H and O–H groups in total. The summed E-state index contributed by atoms with van der Waals surface area (Å²) in [6, 6.07) is 13.7. The van der Waals surface area contributed by atoms with Crippen LogP contribution in [0.3, 0.4) is 0 Å². The second kappa shape index (κ2) is 7.33. The fourth-order valence-corrected chi connectivity index (χ4v) is 4.27. The van der Waals surface area contributed by atoms with Gasteiger partial charge in [-0.05, 0) is 37.3 Å². The normalized spacial score (nSPS) is 13.0. The summed E-state index contributed by atoms with van der Waals surface area (Å²) in [5.41, 5.74) is 5.82. The third-order valence-corrected chi connectivity index (χ3v) is 5.79. The fraction of sp³-hybridized carbons (Fsp3) is 0.167. The molecule has 5 heterocycles. The van der Waals surface area contributed by atoms with Gasteiger partial charge in [0.05, 0.1) is 28.6 Å². The number of rotatable bonds is 3. The Labute approximate surface area is 189 Å². The molecule has 33 heavy (non-hydrogen) atoms. The minimum atomic E-state index is -0.0257. The van der Waals surface area contributed by atoms with Gasteiger partial charge in [-0.3, -0.25) is 19.7 Å². The van der Waals surface area contributed by atoms with Crippen molar-refractivity contribution in [1.29, 1.82) is 0 Å². The SMILES string of the molecule is CC(=O)N1CCn2c1nc(-c1cccc(C)n1)c2-c1ccc2ncc(-n3cccn3)nc2c1. The average molecular weight is 436 g/mol. The molecule has 162 valence electrons. The highest BCUT2D eigenvalue weighted by atomic mass is 16.2. The highest BCUT2D eigenvalue weighted by molar-refractivity contribution is 5.93. The maximum absolute atomic E-state index is 12.2. The Morgan fingerprint density at radius 3 is 2.70 bits per heavy atom. The summed E-state index contributed by atoms with van der Waals surface area (Å²) in [7, 11) is 0. The van der Waals surface area contributed by atoms with Gasteiger partial charge in [0.25, 0.3) is 0 Å². The zero-order chi connectivity index (χ0) is 22.5. The Balaban J connectivity index is 1.56. The van der Waals surface area contributed by atoms with Crippen molar-refractivity contribution in [3.8, 4) is 28.5 Å². The highest BCUT2D eigenvalue weighted by Gasteiger charge is 2.30. The Morgan fingerprint density at radius 1 is 1.00 bits per heavy atom. The van der Waals surface area contributed by atoms with Crippen LogP contribution in [0.4, 0.5) is 5.95 Å². The first kappa shape index (κ1) is 19.3. The van der Waals surface area contributed by atoms with E-state index in [1.54, 1.807) is 28.9 Å². The Bertz CT molecular complexity index is 1520. The number of nitrogens with zero attached hydrogens (tertiary/aromatic N) is 8. The van der Waals surface area contributed by atoms with Gasteiger partial charge in [0, 0.05) is 43.7 Å². The number of carbonyl (C=O) groups is 1. The van der Waals surface area contributed by atoms with Crippen LogP contribution in [-0.4, -0.2) is 46.7 Å². The number of imidazole rings is 1. The van der Waals surface area contributed by atoms with Crippen LogP contribution < -0.4 is 4.90 Å². The number of aryl methyl sites for hydroxylation is 1. The van der Waals surface area contributed by atoms with Crippen molar-refractivity contribution in [1.82, 2.24) is 34.3 Å². The number of aromatic nitrogens is 7. The van der Waals surface area contributed by atoms with Gasteiger partial charge in [-0.15, -0.1) is 0 Å². The zero-order valence-corrected chi connectivity index (χ0v) is 18.2. The molecule has 9 nitrogen and oxygen atoms in total. The van der Waals surface area contributed by atoms with Crippen molar-refractivity contribution in [2.24, 2.45) is 0 Å². The van der Waals surface area contributed by atoms with Crippen LogP contribution in [0.2, 0.25) is 0 Å². The lowest BCUT2D eigenvalue weighted by Gasteiger charge is -2.10. The first-order valence-corrected chi connectivity index (χ1v) is 10.7. The molecular weight excluding hydrogens is 416 g/mol. The summed E-state index contributed by atoms with van der Waals surface area (Å²) in [4.78, 5) is 32.8. The molecule has 1 aromatic carbocycles. The van der Waals surface area contributed by atoms with Crippen LogP contribution in [0.25, 0.3) is 39.5 Å². The number of carbonyl (C=O) groups excluding carboxylic acids is 1. The molecule has 0 bridgehead atoms. The molecule has 0 spiro atoms. The topological polar surface area (TPSA) is 94.6 Å². The zero-order valence-electron chi connectivity index (χ0n) is 18.2. The van der Waals surface area contributed by atoms with Crippen molar-refractivity contribution < 1.29 is 4.79 Å². The molecule has 0 fully saturated rings. The molecule has 0 atom stereocenters. The second-order valence-corrected chi connectivity index (χ2v) is 7.98. The summed E-state index contributed by atoms with van der Waals surface area (Å²) in [6.07, 6.45) is 5.25. The number of fused-ring (bicyclic) bond motifs is 2. The fourth-order valence-electron chi connectivity index (χ4n) is 4.27. The Morgan fingerprint density at radius 2 is 1.91 bits per heavy atom. The molecular formula is C24H20N8O. The van der Waals surface area contributed by atoms with E-state index in [-0.39, 0.29) is 5.91 Å². The van der Waals surface area contributed by atoms with Gasteiger partial charge in [0.15, 0.2) is 5.82 Å². The number of amides is 1. The summed E-state index contributed by atoms with van der Waals surface area (Å²) in [6.45, 7) is 4.79. The van der Waals surface area contributed by atoms with Crippen molar-refractivity contribution in [3.63, 3.8) is 0 Å². The van der Waals surface area contributed by atoms with E-state index in [9.17, 15) is 4.79 Å². The molecule has 6 rings (SSSR count). The Hall–Kier alpha value is -4.40. The van der Waals surface area contributed by atoms with Crippen LogP contribution in [0.5, 0.6) is 0 Å². The first-order valence-electron chi connectivity index (χ1n) is 10.7. The van der Waals surface area contributed by atoms with E-state index in [4.69, 9.17) is 15.0 Å². The highest BCUT2D eigenvalue weighted by Crippen LogP contribution is 2.38. The van der Waals surface area contributed by atoms with E-state index in [2.05, 4.69) is 14.6 Å². The van der Waals surface area contributed by atoms with Gasteiger partial charge < -0.3 is 4.57 Å². The molecule has 0 unspecified atom stereocenters. The van der Waals surface area contributed by atoms with Crippen LogP contribution >= 0.6 is 0 Å². The molecule has 1 aliphatic rings. The molecule has 0 saturated heterocycles. The summed E-state index contributed by atoms with van der Waals surface area (Å²) >= 11 is 0. The average Bonchev–Trinajstić information content (AvgIpc) is 3.55. The van der Waals surface area contributed by atoms with E-state index in [1.807, 2.05) is 55.6 Å². The number of hydrogen-bond donors (Lipinski definition) is 0. The lowest BCUT2D eigenvalue weighted by atomic mass is 10.1. The summed E-state index contributed by atoms with van der Waals surface area (Å²) < 4.78 is 3.77. The Kier molecular flexibility index (Phi) is 4.29. The molecule has 9 heteroatoms. The summed E-state index contributed by atoms with van der Waals surface area (Å²) in [5.74, 6) is 1.26. The first-order chi connectivity index (χ1) is 16.1. The minimum Gasteiger partial charge on any atom is -0.307 e. The van der Waals surface area contributed by atoms with Gasteiger partial charge in [0.1, 0.15) is 5.69 Å². The number of benzene rings is 1. The largest absolute Gasteiger partial charge is 0.307 e. The van der Waals surface area contributed by atoms with E-state index in [0.717, 1.165) is 39.4 Å². The molecule has 1 amide bonds. The van der Waals surface area contributed by atoms with Crippen LogP contribution in [0, 0.1) is 6.92 Å². The van der Waals surface area contributed by atoms with Crippen molar-refractivity contribution >= 4 is 22.9 Å². The second-order valence-electron chi connectivity index (χ2n) is 7.98. The van der Waals surface area contributed by atoms with Gasteiger partial charge >= 0.3 is 0 Å². The standard InChI is InChI=1S/C24H20N8O/c1-15-5-3-6-19(27-15)22-23(31-12-11-30(16(2)33)24(31)29-22)17-7-8-18-20(13-17)28-21(14-25-18)32-10-4-9-26-32/h3-10,13-14H,11-12H2,1-2H3. The minimum absolute atomic E-state index is 0.0257. The van der Waals surface area contributed by atoms with E-state index in [1.165, 1.54) is 0 Å². The lowest BCUT2D eigenvalue weighted by molar-refractivity contribution is -0.116. The van der Waals surface area contributed by atoms with Gasteiger partial charge in [-0.2, -0.15) is 5.10 Å². The molecule has 0 saturated carbocycles. The molecule has 5 aromatic rings. The molecule has 0 radical (unpaired) electrons. The molecule has 1 aliphatic heterocycles. The van der Waals surface area contributed by atoms with Gasteiger partial charge in [0.2, 0.25) is 11.9 Å². The number of pyridine rings is 1. The quantitative estimate of drug-likeness (QED) is 0.430. The maximum Gasteiger partial charge on any atom is 0.226 e. The van der Waals surface area contributed by atoms with Crippen LogP contribution in [0.15, 0.2) is 61.1 Å². The van der Waals surface area contributed by atoms with Crippen molar-refractivity contribution in [3.05, 3.63) is 66.7 Å². The predicted molar refractivity (Wildman–Crippen MR) is 124 cm³/mol. The molecule has 4 aromatic heterocycles. The third-order valence-electron chi connectivity index (χ3n) is 5.79. The van der Waals surface area contributed by atoms with Gasteiger partial charge in [-0.1, -0.05) is 12.1 Å². The maximum atomic E-state index is 12.2. The van der Waals surface area contributed by atoms with E-state index < -0.39 is 0 Å². The number of anilines is 1. The number of hydrogen-bond acceptors (Lipinski definition) is 6. The third kappa shape index (κ3) is 3.16. The molecule has 0 aliphatic carbocycles. The smallest absolute Gasteiger partial charge is 0.226 e. The van der Waals surface area contributed by atoms with Crippen LogP contribution in [0.1, 0.15) is 12.6 Å². The van der Waals surface area contributed by atoms with Crippen molar-refractivity contribution in [2.45, 2.75) is 20.4 Å². The van der Waals surface area contributed by atoms with E-state index >= 15 is 0 Å². The summed E-state index contributed by atoms with van der Waals surface area (Å²) in [5, 5.41) is 4.25. The predicted octanol–water partition coefficient (Wildman–Crippen LogP) is 3.42. The van der Waals surface area contributed by atoms with Crippen molar-refractivity contribution in [2.75, 3.05) is 11.4 Å².